The maximum absolute atomic E-state index is 4.66. The van der Waals surface area contributed by atoms with Crippen LogP contribution in [0.5, 0.6) is 0 Å². The fourth-order valence-corrected chi connectivity index (χ4v) is 2.97. The van der Waals surface area contributed by atoms with Gasteiger partial charge in [0.05, 0.1) is 0 Å². The smallest absolute Gasteiger partial charge is 0.192 e. The van der Waals surface area contributed by atoms with Crippen LogP contribution >= 0.6 is 0 Å². The first-order valence-electron chi connectivity index (χ1n) is 8.64. The van der Waals surface area contributed by atoms with Gasteiger partial charge in [0.1, 0.15) is 12.4 Å². The van der Waals surface area contributed by atoms with Crippen molar-refractivity contribution >= 4 is 5.96 Å². The van der Waals surface area contributed by atoms with Crippen molar-refractivity contribution in [1.82, 2.24) is 25.4 Å². The molecule has 6 nitrogen and oxygen atoms in total. The molecule has 1 aliphatic carbocycles. The first-order valence-corrected chi connectivity index (χ1v) is 8.64. The molecule has 0 radical (unpaired) electrons. The van der Waals surface area contributed by atoms with Crippen LogP contribution in [-0.2, 0) is 13.6 Å². The zero-order valence-corrected chi connectivity index (χ0v) is 14.7. The topological polar surface area (TPSA) is 67.1 Å². The highest BCUT2D eigenvalue weighted by Gasteiger charge is 2.20. The molecule has 0 unspecified atom stereocenters. The summed E-state index contributed by atoms with van der Waals surface area (Å²) in [6.45, 7) is 9.23. The molecule has 23 heavy (non-hydrogen) atoms. The third-order valence-corrected chi connectivity index (χ3v) is 4.74. The van der Waals surface area contributed by atoms with Crippen LogP contribution in [0.25, 0.3) is 0 Å². The number of nitrogens with one attached hydrogen (secondary N) is 2. The van der Waals surface area contributed by atoms with E-state index in [2.05, 4.69) is 39.3 Å². The molecule has 0 amide bonds. The zero-order valence-electron chi connectivity index (χ0n) is 14.7. The van der Waals surface area contributed by atoms with Gasteiger partial charge in [0.2, 0.25) is 0 Å². The fourth-order valence-electron chi connectivity index (χ4n) is 2.97. The highest BCUT2D eigenvalue weighted by Crippen LogP contribution is 2.26. The Hall–Kier alpha value is -1.85. The summed E-state index contributed by atoms with van der Waals surface area (Å²) in [4.78, 5) is 4.66. The Morgan fingerprint density at radius 3 is 2.65 bits per heavy atom. The van der Waals surface area contributed by atoms with Crippen molar-refractivity contribution < 1.29 is 0 Å². The molecule has 1 aliphatic rings. The Kier molecular flexibility index (Phi) is 6.62. The number of guanidine groups is 1. The van der Waals surface area contributed by atoms with Gasteiger partial charge in [-0.25, -0.2) is 4.99 Å². The van der Waals surface area contributed by atoms with E-state index in [-0.39, 0.29) is 0 Å². The lowest BCUT2D eigenvalue weighted by Crippen LogP contribution is -2.45. The van der Waals surface area contributed by atoms with Crippen molar-refractivity contribution in [3.05, 3.63) is 24.3 Å². The maximum Gasteiger partial charge on any atom is 0.192 e. The molecule has 1 heterocycles. The third-order valence-electron chi connectivity index (χ3n) is 4.74. The van der Waals surface area contributed by atoms with E-state index < -0.39 is 0 Å². The van der Waals surface area contributed by atoms with Gasteiger partial charge in [0.25, 0.3) is 0 Å². The summed E-state index contributed by atoms with van der Waals surface area (Å²) in [5.74, 6) is 3.51. The van der Waals surface area contributed by atoms with Gasteiger partial charge in [-0.15, -0.1) is 16.8 Å². The van der Waals surface area contributed by atoms with E-state index in [1.807, 2.05) is 24.6 Å². The van der Waals surface area contributed by atoms with E-state index in [9.17, 15) is 0 Å². The maximum atomic E-state index is 4.66. The van der Waals surface area contributed by atoms with E-state index in [0.717, 1.165) is 23.5 Å². The summed E-state index contributed by atoms with van der Waals surface area (Å²) in [7, 11) is 1.97. The van der Waals surface area contributed by atoms with Crippen LogP contribution in [0.4, 0.5) is 0 Å². The molecule has 0 atom stereocenters. The van der Waals surface area contributed by atoms with Gasteiger partial charge < -0.3 is 15.2 Å². The van der Waals surface area contributed by atoms with Gasteiger partial charge in [-0.2, -0.15) is 0 Å². The van der Waals surface area contributed by atoms with Crippen molar-refractivity contribution in [3.63, 3.8) is 0 Å². The fraction of sp³-hybridized carbons (Fsp3) is 0.706. The number of aromatic nitrogens is 3. The van der Waals surface area contributed by atoms with Gasteiger partial charge in [-0.3, -0.25) is 0 Å². The van der Waals surface area contributed by atoms with Crippen LogP contribution in [-0.4, -0.2) is 33.3 Å². The van der Waals surface area contributed by atoms with Crippen LogP contribution in [0.1, 0.15) is 50.7 Å². The Morgan fingerprint density at radius 1 is 1.35 bits per heavy atom. The number of hydrogen-bond acceptors (Lipinski definition) is 3. The predicted octanol–water partition coefficient (Wildman–Crippen LogP) is 2.31. The van der Waals surface area contributed by atoms with Crippen LogP contribution in [0.2, 0.25) is 0 Å². The number of nitrogens with zero attached hydrogens (tertiary/aromatic N) is 4. The average molecular weight is 318 g/mol. The average Bonchev–Trinajstić information content (AvgIpc) is 2.89. The zero-order chi connectivity index (χ0) is 16.7. The lowest BCUT2D eigenvalue weighted by molar-refractivity contribution is 0.304. The van der Waals surface area contributed by atoms with E-state index in [1.165, 1.54) is 32.1 Å². The summed E-state index contributed by atoms with van der Waals surface area (Å²) in [5, 5.41) is 15.1. The summed E-state index contributed by atoms with van der Waals surface area (Å²) >= 11 is 0. The molecule has 2 rings (SSSR count). The van der Waals surface area contributed by atoms with E-state index in [0.29, 0.717) is 19.1 Å². The predicted molar refractivity (Wildman–Crippen MR) is 94.3 cm³/mol. The molecule has 1 saturated carbocycles. The second-order valence-corrected chi connectivity index (χ2v) is 6.33. The minimum Gasteiger partial charge on any atom is -0.354 e. The van der Waals surface area contributed by atoms with Crippen LogP contribution in [0.3, 0.4) is 0 Å². The molecular formula is C17H30N6. The van der Waals surface area contributed by atoms with Crippen molar-refractivity contribution in [1.29, 1.82) is 0 Å². The Balaban J connectivity index is 1.94. The summed E-state index contributed by atoms with van der Waals surface area (Å²) in [5.41, 5.74) is 0. The quantitative estimate of drug-likeness (QED) is 0.480. The molecule has 0 aliphatic heterocycles. The number of rotatable bonds is 6. The van der Waals surface area contributed by atoms with Gasteiger partial charge in [0, 0.05) is 19.6 Å². The van der Waals surface area contributed by atoms with Crippen LogP contribution in [0.15, 0.2) is 17.6 Å². The highest BCUT2D eigenvalue weighted by atomic mass is 15.3. The lowest BCUT2D eigenvalue weighted by Gasteiger charge is -2.29. The first-order chi connectivity index (χ1) is 11.1. The van der Waals surface area contributed by atoms with E-state index >= 15 is 0 Å². The van der Waals surface area contributed by atoms with Crippen molar-refractivity contribution in [2.75, 3.05) is 6.54 Å². The Bertz CT molecular complexity index is 525. The minimum absolute atomic E-state index is 0.509. The van der Waals surface area contributed by atoms with E-state index in [4.69, 9.17) is 0 Å². The normalized spacial score (nSPS) is 22.0. The minimum atomic E-state index is 0.509. The SMILES string of the molecule is C=CCNC(=NCc1nnc(C)n1C)NC1CCC(CC)CC1. The van der Waals surface area contributed by atoms with Gasteiger partial charge in [0.15, 0.2) is 11.8 Å². The van der Waals surface area contributed by atoms with Crippen LogP contribution in [0, 0.1) is 12.8 Å². The molecular weight excluding hydrogens is 288 g/mol. The second-order valence-electron chi connectivity index (χ2n) is 6.33. The molecule has 0 bridgehead atoms. The van der Waals surface area contributed by atoms with Crippen LogP contribution < -0.4 is 10.6 Å². The molecule has 128 valence electrons. The van der Waals surface area contributed by atoms with Gasteiger partial charge in [-0.1, -0.05) is 19.4 Å². The third kappa shape index (κ3) is 5.08. The molecule has 1 aromatic heterocycles. The molecule has 2 N–H and O–H groups in total. The van der Waals surface area contributed by atoms with Gasteiger partial charge in [-0.05, 0) is 38.5 Å². The molecule has 0 aromatic carbocycles. The number of aliphatic imine (C=N–C) groups is 1. The largest absolute Gasteiger partial charge is 0.354 e. The molecule has 0 saturated heterocycles. The van der Waals surface area contributed by atoms with Crippen molar-refractivity contribution in [3.8, 4) is 0 Å². The summed E-state index contributed by atoms with van der Waals surface area (Å²) < 4.78 is 1.97. The molecule has 6 heteroatoms. The van der Waals surface area contributed by atoms with Gasteiger partial charge >= 0.3 is 0 Å². The lowest BCUT2D eigenvalue weighted by atomic mass is 9.84. The number of hydrogen-bond donors (Lipinski definition) is 2. The Morgan fingerprint density at radius 2 is 2.09 bits per heavy atom. The number of aryl methyl sites for hydroxylation is 1. The Labute approximate surface area is 139 Å². The molecule has 1 fully saturated rings. The summed E-state index contributed by atoms with van der Waals surface area (Å²) in [6, 6.07) is 0.509. The standard InChI is InChI=1S/C17H30N6/c1-5-11-18-17(19-12-16-22-21-13(3)23(16)4)20-15-9-7-14(6-2)8-10-15/h5,14-15H,1,6-12H2,2-4H3,(H2,18,19,20). The van der Waals surface area contributed by atoms with E-state index in [1.54, 1.807) is 0 Å². The molecule has 0 spiro atoms. The highest BCUT2D eigenvalue weighted by molar-refractivity contribution is 5.80. The second kappa shape index (κ2) is 8.70. The van der Waals surface area contributed by atoms with Crippen molar-refractivity contribution in [2.24, 2.45) is 18.0 Å². The van der Waals surface area contributed by atoms with Crippen molar-refractivity contribution in [2.45, 2.75) is 58.5 Å². The molecule has 1 aromatic rings. The summed E-state index contributed by atoms with van der Waals surface area (Å²) in [6.07, 6.45) is 8.20. The monoisotopic (exact) mass is 318 g/mol. The first kappa shape index (κ1) is 17.5.